The molecule has 4 atom stereocenters. The Labute approximate surface area is 214 Å². The predicted molar refractivity (Wildman–Crippen MR) is 135 cm³/mol. The molecular weight excluding hydrogens is 480 g/mol. The first-order valence-corrected chi connectivity index (χ1v) is 11.9. The average molecular weight is 505 g/mol. The van der Waals surface area contributed by atoms with Crippen LogP contribution in [0.25, 0.3) is 0 Å². The van der Waals surface area contributed by atoms with Crippen LogP contribution in [0.5, 0.6) is 5.75 Å². The SMILES string of the molecule is COC(=O)[C@]1(Cc2ccccc2)N[C@H](c2ccc(OC)cc2)[C@H]2C(=O)N(c3ccc(Cl)cc3)C(=O)[C@@H]21. The zero-order valence-electron chi connectivity index (χ0n) is 19.8. The van der Waals surface area contributed by atoms with Crippen LogP contribution in [0.2, 0.25) is 5.02 Å². The van der Waals surface area contributed by atoms with Gasteiger partial charge in [0.05, 0.1) is 31.7 Å². The number of carbonyl (C=O) groups is 3. The fourth-order valence-electron chi connectivity index (χ4n) is 5.47. The van der Waals surface area contributed by atoms with Crippen LogP contribution >= 0.6 is 11.6 Å². The highest BCUT2D eigenvalue weighted by atomic mass is 35.5. The van der Waals surface area contributed by atoms with E-state index in [1.54, 1.807) is 43.5 Å². The summed E-state index contributed by atoms with van der Waals surface area (Å²) in [5.74, 6) is -2.54. The van der Waals surface area contributed by atoms with E-state index in [1.807, 2.05) is 42.5 Å². The molecule has 36 heavy (non-hydrogen) atoms. The molecule has 0 aromatic heterocycles. The summed E-state index contributed by atoms with van der Waals surface area (Å²) < 4.78 is 10.5. The highest BCUT2D eigenvalue weighted by Gasteiger charge is 2.68. The summed E-state index contributed by atoms with van der Waals surface area (Å²) >= 11 is 6.04. The van der Waals surface area contributed by atoms with Gasteiger partial charge in [-0.3, -0.25) is 19.7 Å². The molecule has 2 saturated heterocycles. The monoisotopic (exact) mass is 504 g/mol. The lowest BCUT2D eigenvalue weighted by Crippen LogP contribution is -2.57. The first-order valence-electron chi connectivity index (χ1n) is 11.6. The van der Waals surface area contributed by atoms with Crippen LogP contribution in [-0.4, -0.2) is 37.5 Å². The summed E-state index contributed by atoms with van der Waals surface area (Å²) in [6.07, 6.45) is 0.182. The first kappa shape index (κ1) is 24.0. The number of methoxy groups -OCH3 is 2. The predicted octanol–water partition coefficient (Wildman–Crippen LogP) is 3.95. The van der Waals surface area contributed by atoms with E-state index in [4.69, 9.17) is 21.1 Å². The molecule has 0 saturated carbocycles. The van der Waals surface area contributed by atoms with E-state index in [2.05, 4.69) is 5.32 Å². The molecule has 0 unspecified atom stereocenters. The number of carbonyl (C=O) groups excluding carboxylic acids is 3. The van der Waals surface area contributed by atoms with E-state index in [9.17, 15) is 14.4 Å². The molecule has 5 rings (SSSR count). The maximum absolute atomic E-state index is 14.0. The Morgan fingerprint density at radius 3 is 2.22 bits per heavy atom. The third-order valence-electron chi connectivity index (χ3n) is 7.09. The quantitative estimate of drug-likeness (QED) is 0.404. The van der Waals surface area contributed by atoms with E-state index < -0.39 is 35.3 Å². The molecule has 0 spiro atoms. The summed E-state index contributed by atoms with van der Waals surface area (Å²) in [5.41, 5.74) is 0.577. The van der Waals surface area contributed by atoms with Crippen molar-refractivity contribution in [3.05, 3.63) is 95.0 Å². The molecule has 2 heterocycles. The highest BCUT2D eigenvalue weighted by Crippen LogP contribution is 2.51. The van der Waals surface area contributed by atoms with Crippen molar-refractivity contribution < 1.29 is 23.9 Å². The highest BCUT2D eigenvalue weighted by molar-refractivity contribution is 6.31. The third kappa shape index (κ3) is 3.85. The van der Waals surface area contributed by atoms with Crippen molar-refractivity contribution in [1.82, 2.24) is 5.32 Å². The number of hydrogen-bond acceptors (Lipinski definition) is 6. The van der Waals surface area contributed by atoms with E-state index in [0.29, 0.717) is 16.5 Å². The number of amides is 2. The summed E-state index contributed by atoms with van der Waals surface area (Å²) in [5, 5.41) is 3.89. The lowest BCUT2D eigenvalue weighted by Gasteiger charge is -2.32. The molecule has 1 N–H and O–H groups in total. The molecule has 184 valence electrons. The van der Waals surface area contributed by atoms with Gasteiger partial charge in [-0.25, -0.2) is 4.90 Å². The molecule has 7 nitrogen and oxygen atoms in total. The standard InChI is InChI=1S/C28H25ClN2O5/c1-35-21-14-8-18(9-15-21)24-22-23(26(33)31(25(22)32)20-12-10-19(29)11-13-20)28(30-24,27(34)36-2)16-17-6-4-3-5-7-17/h3-15,22-24,30H,16H2,1-2H3/t22-,23+,24+,28+/m0/s1. The van der Waals surface area contributed by atoms with Crippen LogP contribution in [0.3, 0.4) is 0 Å². The summed E-state index contributed by atoms with van der Waals surface area (Å²) in [4.78, 5) is 42.6. The zero-order valence-corrected chi connectivity index (χ0v) is 20.6. The molecule has 3 aromatic rings. The smallest absolute Gasteiger partial charge is 0.327 e. The minimum atomic E-state index is -1.45. The van der Waals surface area contributed by atoms with Crippen molar-refractivity contribution >= 4 is 35.1 Å². The number of nitrogens with zero attached hydrogens (tertiary/aromatic N) is 1. The van der Waals surface area contributed by atoms with Crippen LogP contribution in [0, 0.1) is 11.8 Å². The van der Waals surface area contributed by atoms with Gasteiger partial charge in [-0.2, -0.15) is 0 Å². The second-order valence-electron chi connectivity index (χ2n) is 9.01. The molecule has 0 radical (unpaired) electrons. The van der Waals surface area contributed by atoms with Crippen LogP contribution in [-0.2, 0) is 25.5 Å². The van der Waals surface area contributed by atoms with Crippen molar-refractivity contribution in [2.75, 3.05) is 19.1 Å². The van der Waals surface area contributed by atoms with Gasteiger partial charge in [0.2, 0.25) is 11.8 Å². The van der Waals surface area contributed by atoms with Gasteiger partial charge < -0.3 is 9.47 Å². The Kier molecular flexibility index (Phi) is 6.28. The molecule has 2 amide bonds. The Balaban J connectivity index is 1.66. The van der Waals surface area contributed by atoms with Crippen molar-refractivity contribution in [1.29, 1.82) is 0 Å². The number of esters is 1. The van der Waals surface area contributed by atoms with E-state index in [-0.39, 0.29) is 12.3 Å². The Bertz CT molecular complexity index is 1300. The van der Waals surface area contributed by atoms with Crippen molar-refractivity contribution in [2.45, 2.75) is 18.0 Å². The lowest BCUT2D eigenvalue weighted by molar-refractivity contribution is -0.152. The van der Waals surface area contributed by atoms with Gasteiger partial charge in [-0.15, -0.1) is 0 Å². The van der Waals surface area contributed by atoms with Crippen molar-refractivity contribution in [3.63, 3.8) is 0 Å². The number of rotatable bonds is 6. The number of hydrogen-bond donors (Lipinski definition) is 1. The largest absolute Gasteiger partial charge is 0.497 e. The lowest BCUT2D eigenvalue weighted by atomic mass is 9.76. The number of halogens is 1. The fraction of sp³-hybridized carbons (Fsp3) is 0.250. The second-order valence-corrected chi connectivity index (χ2v) is 9.45. The zero-order chi connectivity index (χ0) is 25.4. The molecule has 0 bridgehead atoms. The molecule has 2 aliphatic heterocycles. The molecule has 8 heteroatoms. The summed E-state index contributed by atoms with van der Waals surface area (Å²) in [6, 6.07) is 22.6. The normalized spacial score (nSPS) is 25.1. The van der Waals surface area contributed by atoms with Gasteiger partial charge in [0.25, 0.3) is 0 Å². The van der Waals surface area contributed by atoms with Crippen LogP contribution in [0.15, 0.2) is 78.9 Å². The van der Waals surface area contributed by atoms with E-state index in [0.717, 1.165) is 11.1 Å². The van der Waals surface area contributed by atoms with Crippen molar-refractivity contribution in [3.8, 4) is 5.75 Å². The first-order chi connectivity index (χ1) is 17.4. The maximum Gasteiger partial charge on any atom is 0.327 e. The maximum atomic E-state index is 14.0. The summed E-state index contributed by atoms with van der Waals surface area (Å²) in [7, 11) is 2.87. The van der Waals surface area contributed by atoms with Gasteiger partial charge in [0.15, 0.2) is 0 Å². The fourth-order valence-corrected chi connectivity index (χ4v) is 5.59. The van der Waals surface area contributed by atoms with Gasteiger partial charge >= 0.3 is 5.97 Å². The van der Waals surface area contributed by atoms with Crippen molar-refractivity contribution in [2.24, 2.45) is 11.8 Å². The number of imide groups is 1. The number of fused-ring (bicyclic) bond motifs is 1. The minimum Gasteiger partial charge on any atom is -0.497 e. The van der Waals surface area contributed by atoms with Crippen LogP contribution in [0.1, 0.15) is 17.2 Å². The number of nitrogens with one attached hydrogen (secondary N) is 1. The number of ether oxygens (including phenoxy) is 2. The van der Waals surface area contributed by atoms with Gasteiger partial charge in [0.1, 0.15) is 11.3 Å². The number of anilines is 1. The molecule has 2 aliphatic rings. The Morgan fingerprint density at radius 2 is 1.61 bits per heavy atom. The van der Waals surface area contributed by atoms with E-state index >= 15 is 0 Å². The summed E-state index contributed by atoms with van der Waals surface area (Å²) in [6.45, 7) is 0. The molecule has 3 aromatic carbocycles. The topological polar surface area (TPSA) is 84.9 Å². The second kappa shape index (κ2) is 9.41. The van der Waals surface area contributed by atoms with Crippen LogP contribution in [0.4, 0.5) is 5.69 Å². The molecule has 0 aliphatic carbocycles. The molecule has 2 fully saturated rings. The number of benzene rings is 3. The van der Waals surface area contributed by atoms with Gasteiger partial charge in [-0.1, -0.05) is 54.1 Å². The molecular formula is C28H25ClN2O5. The van der Waals surface area contributed by atoms with Gasteiger partial charge in [0, 0.05) is 17.5 Å². The third-order valence-corrected chi connectivity index (χ3v) is 7.34. The minimum absolute atomic E-state index is 0.182. The van der Waals surface area contributed by atoms with E-state index in [1.165, 1.54) is 12.0 Å². The Morgan fingerprint density at radius 1 is 0.944 bits per heavy atom. The average Bonchev–Trinajstić information content (AvgIpc) is 3.38. The Hall–Kier alpha value is -3.68. The van der Waals surface area contributed by atoms with Gasteiger partial charge in [-0.05, 0) is 47.5 Å². The van der Waals surface area contributed by atoms with Crippen LogP contribution < -0.4 is 15.0 Å².